The van der Waals surface area contributed by atoms with Crippen molar-refractivity contribution in [2.75, 3.05) is 5.32 Å². The number of pyridine rings is 1. The molecule has 0 atom stereocenters. The zero-order valence-corrected chi connectivity index (χ0v) is 17.2. The molecule has 2 heterocycles. The van der Waals surface area contributed by atoms with Gasteiger partial charge < -0.3 is 5.32 Å². The first-order chi connectivity index (χ1) is 15.0. The lowest BCUT2D eigenvalue weighted by Crippen LogP contribution is -2.22. The smallest absolute Gasteiger partial charge is 0.274 e. The van der Waals surface area contributed by atoms with Crippen LogP contribution in [0.3, 0.4) is 0 Å². The van der Waals surface area contributed by atoms with E-state index in [0.717, 1.165) is 0 Å². The second kappa shape index (κ2) is 7.18. The van der Waals surface area contributed by atoms with E-state index < -0.39 is 0 Å². The van der Waals surface area contributed by atoms with Crippen LogP contribution in [0.2, 0.25) is 5.02 Å². The molecule has 5 rings (SSSR count). The Labute approximate surface area is 182 Å². The van der Waals surface area contributed by atoms with Gasteiger partial charge in [0.2, 0.25) is 0 Å². The van der Waals surface area contributed by atoms with Crippen LogP contribution in [0.15, 0.2) is 60.8 Å². The second-order valence-electron chi connectivity index (χ2n) is 7.25. The summed E-state index contributed by atoms with van der Waals surface area (Å²) in [5.41, 5.74) is 3.43. The number of benzene rings is 2. The molecular formula is C24H16ClN3O3. The number of carbonyl (C=O) groups excluding carboxylic acids is 3. The number of amides is 1. The predicted octanol–water partition coefficient (Wildman–Crippen LogP) is 4.58. The van der Waals surface area contributed by atoms with E-state index in [4.69, 9.17) is 11.6 Å². The number of anilines is 1. The fraction of sp³-hybridized carbons (Fsp3) is 0.0833. The number of carbonyl (C=O) groups is 3. The molecule has 1 aliphatic carbocycles. The Morgan fingerprint density at radius 2 is 1.65 bits per heavy atom. The van der Waals surface area contributed by atoms with E-state index in [0.29, 0.717) is 50.9 Å². The average molecular weight is 430 g/mol. The summed E-state index contributed by atoms with van der Waals surface area (Å²) in [6, 6.07) is 14.9. The largest absolute Gasteiger partial charge is 0.321 e. The van der Waals surface area contributed by atoms with Crippen molar-refractivity contribution in [3.05, 3.63) is 99.5 Å². The van der Waals surface area contributed by atoms with Gasteiger partial charge in [-0.15, -0.1) is 0 Å². The molecule has 0 saturated carbocycles. The molecule has 4 aromatic rings. The third kappa shape index (κ3) is 3.04. The Hall–Kier alpha value is -3.77. The predicted molar refractivity (Wildman–Crippen MR) is 117 cm³/mol. The van der Waals surface area contributed by atoms with E-state index in [1.165, 1.54) is 0 Å². The monoisotopic (exact) mass is 429 g/mol. The molecule has 1 N–H and O–H groups in total. The molecule has 2 aromatic heterocycles. The van der Waals surface area contributed by atoms with Gasteiger partial charge in [0.1, 0.15) is 11.3 Å². The highest BCUT2D eigenvalue weighted by Crippen LogP contribution is 2.29. The number of imidazole rings is 1. The molecule has 0 radical (unpaired) electrons. The fourth-order valence-electron chi connectivity index (χ4n) is 3.92. The van der Waals surface area contributed by atoms with Crippen molar-refractivity contribution >= 4 is 40.4 Å². The molecule has 152 valence electrons. The van der Waals surface area contributed by atoms with Crippen LogP contribution in [0.5, 0.6) is 0 Å². The summed E-state index contributed by atoms with van der Waals surface area (Å²) in [7, 11) is 0. The number of aromatic nitrogens is 2. The molecule has 0 unspecified atom stereocenters. The van der Waals surface area contributed by atoms with Crippen LogP contribution >= 0.6 is 11.6 Å². The average Bonchev–Trinajstić information content (AvgIpc) is 3.15. The van der Waals surface area contributed by atoms with E-state index in [9.17, 15) is 14.4 Å². The molecule has 31 heavy (non-hydrogen) atoms. The van der Waals surface area contributed by atoms with Crippen molar-refractivity contribution in [2.45, 2.75) is 13.3 Å². The van der Waals surface area contributed by atoms with Gasteiger partial charge in [0.05, 0.1) is 5.69 Å². The van der Waals surface area contributed by atoms with Gasteiger partial charge in [0.15, 0.2) is 11.6 Å². The summed E-state index contributed by atoms with van der Waals surface area (Å²) in [4.78, 5) is 43.3. The molecule has 1 aliphatic rings. The van der Waals surface area contributed by atoms with Crippen LogP contribution in [0.4, 0.5) is 5.69 Å². The van der Waals surface area contributed by atoms with Crippen molar-refractivity contribution in [3.63, 3.8) is 0 Å². The first-order valence-corrected chi connectivity index (χ1v) is 10.2. The quantitative estimate of drug-likeness (QED) is 0.455. The van der Waals surface area contributed by atoms with Crippen molar-refractivity contribution in [1.29, 1.82) is 0 Å². The molecule has 2 aromatic carbocycles. The van der Waals surface area contributed by atoms with E-state index in [1.54, 1.807) is 65.2 Å². The fourth-order valence-corrected chi connectivity index (χ4v) is 4.08. The third-order valence-electron chi connectivity index (χ3n) is 5.39. The number of ketones is 2. The Bertz CT molecular complexity index is 1420. The molecule has 0 saturated heterocycles. The maximum absolute atomic E-state index is 13.1. The van der Waals surface area contributed by atoms with Crippen molar-refractivity contribution in [3.8, 4) is 0 Å². The summed E-state index contributed by atoms with van der Waals surface area (Å²) in [6.07, 6.45) is 2.26. The Balaban J connectivity index is 1.52. The topological polar surface area (TPSA) is 80.5 Å². The maximum atomic E-state index is 13.1. The number of fused-ring (bicyclic) bond motifs is 3. The molecule has 1 amide bonds. The number of rotatable bonds is 3. The summed E-state index contributed by atoms with van der Waals surface area (Å²) in [6.45, 7) is 1.92. The zero-order chi connectivity index (χ0) is 21.7. The van der Waals surface area contributed by atoms with Crippen LogP contribution in [0.25, 0.3) is 5.65 Å². The standard InChI is InChI=1S/C24H16ClN3O3/c1-2-19-21(28-10-9-13(25)11-20(28)27-19)24(31)26-14-7-8-17-18(12-14)23(30)16-6-4-3-5-15(16)22(17)29/h3-12H,2H2,1H3,(H,26,31). The highest BCUT2D eigenvalue weighted by atomic mass is 35.5. The van der Waals surface area contributed by atoms with Crippen LogP contribution in [0, 0.1) is 0 Å². The first-order valence-electron chi connectivity index (χ1n) is 9.78. The minimum Gasteiger partial charge on any atom is -0.321 e. The Morgan fingerprint density at radius 3 is 2.35 bits per heavy atom. The number of hydrogen-bond donors (Lipinski definition) is 1. The number of nitrogens with one attached hydrogen (secondary N) is 1. The van der Waals surface area contributed by atoms with E-state index in [2.05, 4.69) is 10.3 Å². The lowest BCUT2D eigenvalue weighted by atomic mass is 9.84. The van der Waals surface area contributed by atoms with Gasteiger partial charge in [-0.3, -0.25) is 18.8 Å². The lowest BCUT2D eigenvalue weighted by Gasteiger charge is -2.18. The van der Waals surface area contributed by atoms with E-state index >= 15 is 0 Å². The Morgan fingerprint density at radius 1 is 0.968 bits per heavy atom. The molecule has 0 fully saturated rings. The summed E-state index contributed by atoms with van der Waals surface area (Å²) >= 11 is 6.05. The summed E-state index contributed by atoms with van der Waals surface area (Å²) < 4.78 is 1.68. The molecular weight excluding hydrogens is 414 g/mol. The summed E-state index contributed by atoms with van der Waals surface area (Å²) in [5, 5.41) is 3.37. The van der Waals surface area contributed by atoms with Crippen LogP contribution in [-0.4, -0.2) is 26.9 Å². The van der Waals surface area contributed by atoms with E-state index in [1.807, 2.05) is 6.92 Å². The summed E-state index contributed by atoms with van der Waals surface area (Å²) in [5.74, 6) is -0.795. The molecule has 0 bridgehead atoms. The second-order valence-corrected chi connectivity index (χ2v) is 7.69. The van der Waals surface area contributed by atoms with Gasteiger partial charge in [-0.25, -0.2) is 4.98 Å². The van der Waals surface area contributed by atoms with Gasteiger partial charge in [0.25, 0.3) is 5.91 Å². The van der Waals surface area contributed by atoms with Crippen LogP contribution in [0.1, 0.15) is 54.9 Å². The molecule has 0 spiro atoms. The number of halogens is 1. The number of nitrogens with zero attached hydrogens (tertiary/aromatic N) is 2. The van der Waals surface area contributed by atoms with Crippen LogP contribution < -0.4 is 5.32 Å². The molecule has 6 nitrogen and oxygen atoms in total. The number of aryl methyl sites for hydroxylation is 1. The lowest BCUT2D eigenvalue weighted by molar-refractivity contribution is 0.0979. The molecule has 0 aliphatic heterocycles. The highest BCUT2D eigenvalue weighted by molar-refractivity contribution is 6.31. The van der Waals surface area contributed by atoms with Gasteiger partial charge in [-0.1, -0.05) is 42.8 Å². The number of hydrogen-bond acceptors (Lipinski definition) is 4. The minimum absolute atomic E-state index is 0.199. The van der Waals surface area contributed by atoms with Gasteiger partial charge in [-0.2, -0.15) is 0 Å². The van der Waals surface area contributed by atoms with Crippen molar-refractivity contribution < 1.29 is 14.4 Å². The van der Waals surface area contributed by atoms with Crippen molar-refractivity contribution in [2.24, 2.45) is 0 Å². The van der Waals surface area contributed by atoms with Gasteiger partial charge in [0, 0.05) is 45.2 Å². The maximum Gasteiger partial charge on any atom is 0.274 e. The minimum atomic E-state index is -0.360. The van der Waals surface area contributed by atoms with Gasteiger partial charge >= 0.3 is 0 Å². The van der Waals surface area contributed by atoms with Crippen LogP contribution in [-0.2, 0) is 6.42 Å². The Kier molecular flexibility index (Phi) is 4.45. The molecule has 7 heteroatoms. The zero-order valence-electron chi connectivity index (χ0n) is 16.5. The van der Waals surface area contributed by atoms with E-state index in [-0.39, 0.29) is 23.0 Å². The third-order valence-corrected chi connectivity index (χ3v) is 5.63. The van der Waals surface area contributed by atoms with Crippen molar-refractivity contribution in [1.82, 2.24) is 9.38 Å². The highest BCUT2D eigenvalue weighted by Gasteiger charge is 2.29. The SMILES string of the molecule is CCc1nc2cc(Cl)ccn2c1C(=O)Nc1ccc2c(c1)C(=O)c1ccccc1C2=O. The van der Waals surface area contributed by atoms with Gasteiger partial charge in [-0.05, 0) is 30.7 Å². The first kappa shape index (κ1) is 19.2. The normalized spacial score (nSPS) is 12.6.